The number of aliphatic imine (C=N–C) groups is 1. The molecular weight excluding hydrogens is 485 g/mol. The van der Waals surface area contributed by atoms with Crippen molar-refractivity contribution in [1.82, 2.24) is 10.6 Å². The van der Waals surface area contributed by atoms with Gasteiger partial charge in [0, 0.05) is 29.7 Å². The number of aliphatic hydroxyl groups is 1. The van der Waals surface area contributed by atoms with E-state index in [1.807, 2.05) is 37.3 Å². The van der Waals surface area contributed by atoms with E-state index >= 15 is 0 Å². The lowest BCUT2D eigenvalue weighted by Crippen LogP contribution is -2.38. The molecule has 1 unspecified atom stereocenters. The van der Waals surface area contributed by atoms with Crippen LogP contribution in [0.1, 0.15) is 22.1 Å². The normalized spacial score (nSPS) is 12.4. The van der Waals surface area contributed by atoms with Gasteiger partial charge in [-0.25, -0.2) is 0 Å². The second-order valence-corrected chi connectivity index (χ2v) is 7.48. The number of methoxy groups -OCH3 is 1. The Morgan fingerprint density at radius 3 is 2.68 bits per heavy atom. The number of nitrogens with one attached hydrogen (secondary N) is 2. The van der Waals surface area contributed by atoms with E-state index in [4.69, 9.17) is 4.74 Å². The standard InChI is InChI=1S/C21H25N3O2S.HI/c1-14-8-15(10-17(9-14)26-3)12-23-21(22-2)24-13-18(25)20-11-16-6-4-5-7-19(16)27-20;/h4-11,18,25H,12-13H2,1-3H3,(H2,22,23,24);1H. The number of halogens is 1. The van der Waals surface area contributed by atoms with Crippen LogP contribution in [0.5, 0.6) is 5.75 Å². The molecule has 0 aliphatic heterocycles. The van der Waals surface area contributed by atoms with Gasteiger partial charge in [0.15, 0.2) is 5.96 Å². The monoisotopic (exact) mass is 511 g/mol. The molecule has 1 aromatic heterocycles. The second kappa shape index (κ2) is 10.6. The molecule has 0 fully saturated rings. The zero-order valence-electron chi connectivity index (χ0n) is 16.2. The zero-order chi connectivity index (χ0) is 19.2. The minimum atomic E-state index is -0.583. The lowest BCUT2D eigenvalue weighted by atomic mass is 10.1. The summed E-state index contributed by atoms with van der Waals surface area (Å²) in [5.74, 6) is 1.49. The summed E-state index contributed by atoms with van der Waals surface area (Å²) < 4.78 is 6.50. The van der Waals surface area contributed by atoms with Crippen LogP contribution < -0.4 is 15.4 Å². The van der Waals surface area contributed by atoms with Crippen LogP contribution in [-0.4, -0.2) is 31.8 Å². The Morgan fingerprint density at radius 1 is 1.18 bits per heavy atom. The molecule has 0 amide bonds. The predicted molar refractivity (Wildman–Crippen MR) is 128 cm³/mol. The SMILES string of the molecule is CN=C(NCc1cc(C)cc(OC)c1)NCC(O)c1cc2ccccc2s1.I. The quantitative estimate of drug-likeness (QED) is 0.263. The number of aryl methyl sites for hydroxylation is 1. The summed E-state index contributed by atoms with van der Waals surface area (Å²) in [6.45, 7) is 3.06. The van der Waals surface area contributed by atoms with Crippen molar-refractivity contribution in [2.75, 3.05) is 20.7 Å². The summed E-state index contributed by atoms with van der Waals surface area (Å²) in [6, 6.07) is 16.3. The summed E-state index contributed by atoms with van der Waals surface area (Å²) >= 11 is 1.62. The zero-order valence-corrected chi connectivity index (χ0v) is 19.4. The number of rotatable bonds is 6. The number of guanidine groups is 1. The van der Waals surface area contributed by atoms with E-state index < -0.39 is 6.10 Å². The Morgan fingerprint density at radius 2 is 1.96 bits per heavy atom. The van der Waals surface area contributed by atoms with Crippen molar-refractivity contribution in [2.45, 2.75) is 19.6 Å². The third kappa shape index (κ3) is 5.83. The van der Waals surface area contributed by atoms with Crippen molar-refractivity contribution in [1.29, 1.82) is 0 Å². The lowest BCUT2D eigenvalue weighted by molar-refractivity contribution is 0.184. The number of fused-ring (bicyclic) bond motifs is 1. The highest BCUT2D eigenvalue weighted by Gasteiger charge is 2.12. The van der Waals surface area contributed by atoms with Crippen LogP contribution in [0.15, 0.2) is 53.5 Å². The molecule has 0 radical (unpaired) electrons. The molecule has 0 saturated heterocycles. The molecule has 0 aliphatic rings. The summed E-state index contributed by atoms with van der Waals surface area (Å²) in [7, 11) is 3.39. The Kier molecular flexibility index (Phi) is 8.53. The van der Waals surface area contributed by atoms with Gasteiger partial charge >= 0.3 is 0 Å². The fourth-order valence-electron chi connectivity index (χ4n) is 2.91. The molecule has 7 heteroatoms. The molecule has 3 aromatic rings. The van der Waals surface area contributed by atoms with Crippen molar-refractivity contribution >= 4 is 51.4 Å². The predicted octanol–water partition coefficient (Wildman–Crippen LogP) is 4.23. The van der Waals surface area contributed by atoms with Crippen LogP contribution >= 0.6 is 35.3 Å². The van der Waals surface area contributed by atoms with E-state index in [1.165, 1.54) is 4.70 Å². The van der Waals surface area contributed by atoms with Crippen LogP contribution in [0.3, 0.4) is 0 Å². The minimum Gasteiger partial charge on any atom is -0.497 e. The second-order valence-electron chi connectivity index (χ2n) is 6.37. The maximum absolute atomic E-state index is 10.5. The van der Waals surface area contributed by atoms with Gasteiger partial charge in [-0.15, -0.1) is 35.3 Å². The minimum absolute atomic E-state index is 0. The molecule has 5 nitrogen and oxygen atoms in total. The van der Waals surface area contributed by atoms with Crippen molar-refractivity contribution in [2.24, 2.45) is 4.99 Å². The van der Waals surface area contributed by atoms with Crippen molar-refractivity contribution in [3.05, 3.63) is 64.5 Å². The van der Waals surface area contributed by atoms with Gasteiger partial charge in [-0.2, -0.15) is 0 Å². The van der Waals surface area contributed by atoms with E-state index in [9.17, 15) is 5.11 Å². The molecule has 2 aromatic carbocycles. The fraction of sp³-hybridized carbons (Fsp3) is 0.286. The van der Waals surface area contributed by atoms with E-state index in [2.05, 4.69) is 33.8 Å². The van der Waals surface area contributed by atoms with E-state index in [-0.39, 0.29) is 24.0 Å². The molecule has 3 rings (SSSR count). The Balaban J connectivity index is 0.00000280. The number of hydrogen-bond donors (Lipinski definition) is 3. The molecule has 28 heavy (non-hydrogen) atoms. The first-order valence-electron chi connectivity index (χ1n) is 8.84. The summed E-state index contributed by atoms with van der Waals surface area (Å²) in [6.07, 6.45) is -0.583. The first-order chi connectivity index (χ1) is 13.1. The number of hydrogen-bond acceptors (Lipinski definition) is 4. The molecule has 150 valence electrons. The van der Waals surface area contributed by atoms with Gasteiger partial charge in [-0.3, -0.25) is 4.99 Å². The highest BCUT2D eigenvalue weighted by atomic mass is 127. The van der Waals surface area contributed by atoms with Crippen LogP contribution in [0.4, 0.5) is 0 Å². The van der Waals surface area contributed by atoms with Crippen molar-refractivity contribution in [3.63, 3.8) is 0 Å². The van der Waals surface area contributed by atoms with Gasteiger partial charge in [-0.1, -0.05) is 24.3 Å². The highest BCUT2D eigenvalue weighted by molar-refractivity contribution is 14.0. The fourth-order valence-corrected chi connectivity index (χ4v) is 3.96. The summed E-state index contributed by atoms with van der Waals surface area (Å²) in [4.78, 5) is 5.18. The van der Waals surface area contributed by atoms with Crippen LogP contribution in [0, 0.1) is 6.92 Å². The lowest BCUT2D eigenvalue weighted by Gasteiger charge is -2.15. The van der Waals surface area contributed by atoms with Gasteiger partial charge < -0.3 is 20.5 Å². The van der Waals surface area contributed by atoms with Gasteiger partial charge in [0.05, 0.1) is 7.11 Å². The number of benzene rings is 2. The smallest absolute Gasteiger partial charge is 0.191 e. The largest absolute Gasteiger partial charge is 0.497 e. The molecule has 0 bridgehead atoms. The van der Waals surface area contributed by atoms with Crippen LogP contribution in [0.25, 0.3) is 10.1 Å². The summed E-state index contributed by atoms with van der Waals surface area (Å²) in [5.41, 5.74) is 2.26. The number of aliphatic hydroxyl groups excluding tert-OH is 1. The van der Waals surface area contributed by atoms with Crippen LogP contribution in [-0.2, 0) is 6.54 Å². The molecule has 0 spiro atoms. The number of thiophene rings is 1. The van der Waals surface area contributed by atoms with Crippen LogP contribution in [0.2, 0.25) is 0 Å². The average Bonchev–Trinajstić information content (AvgIpc) is 3.11. The summed E-state index contributed by atoms with van der Waals surface area (Å²) in [5, 5.41) is 18.1. The van der Waals surface area contributed by atoms with Gasteiger partial charge in [-0.05, 0) is 47.7 Å². The topological polar surface area (TPSA) is 65.9 Å². The molecule has 0 aliphatic carbocycles. The first kappa shape index (κ1) is 22.4. The van der Waals surface area contributed by atoms with E-state index in [1.54, 1.807) is 25.5 Å². The van der Waals surface area contributed by atoms with Gasteiger partial charge in [0.1, 0.15) is 11.9 Å². The Bertz CT molecular complexity index is 909. The van der Waals surface area contributed by atoms with E-state index in [0.29, 0.717) is 19.0 Å². The third-order valence-corrected chi connectivity index (χ3v) is 5.48. The molecule has 0 saturated carbocycles. The highest BCUT2D eigenvalue weighted by Crippen LogP contribution is 2.29. The van der Waals surface area contributed by atoms with Gasteiger partial charge in [0.2, 0.25) is 0 Å². The maximum Gasteiger partial charge on any atom is 0.191 e. The molecule has 1 atom stereocenters. The molecule has 3 N–H and O–H groups in total. The number of nitrogens with zero attached hydrogens (tertiary/aromatic N) is 1. The molecule has 1 heterocycles. The third-order valence-electron chi connectivity index (χ3n) is 4.27. The average molecular weight is 511 g/mol. The molecular formula is C21H26IN3O2S. The van der Waals surface area contributed by atoms with Gasteiger partial charge in [0.25, 0.3) is 0 Å². The number of ether oxygens (including phenoxy) is 1. The maximum atomic E-state index is 10.5. The first-order valence-corrected chi connectivity index (χ1v) is 9.66. The van der Waals surface area contributed by atoms with E-state index in [0.717, 1.165) is 27.1 Å². The Labute approximate surface area is 186 Å². The Hall–Kier alpha value is -1.84. The van der Waals surface area contributed by atoms with Crippen molar-refractivity contribution in [3.8, 4) is 5.75 Å². The van der Waals surface area contributed by atoms with Crippen molar-refractivity contribution < 1.29 is 9.84 Å².